The number of nitrogens with one attached hydrogen (secondary N) is 1. The Morgan fingerprint density at radius 2 is 1.45 bits per heavy atom. The predicted octanol–water partition coefficient (Wildman–Crippen LogP) is 6.74. The van der Waals surface area contributed by atoms with Crippen molar-refractivity contribution in [2.45, 2.75) is 13.3 Å². The lowest BCUT2D eigenvalue weighted by atomic mass is 9.96. The quantitative estimate of drug-likeness (QED) is 0.303. The van der Waals surface area contributed by atoms with Crippen molar-refractivity contribution in [1.82, 2.24) is 9.97 Å². The second-order valence-electron chi connectivity index (χ2n) is 7.70. The molecule has 0 spiro atoms. The first-order chi connectivity index (χ1) is 15.3. The summed E-state index contributed by atoms with van der Waals surface area (Å²) in [5, 5.41) is 3.90. The molecule has 1 atom stereocenters. The molecule has 3 aromatic carbocycles. The van der Waals surface area contributed by atoms with Gasteiger partial charge in [-0.25, -0.2) is 0 Å². The molecule has 0 aliphatic rings. The van der Waals surface area contributed by atoms with Crippen LogP contribution in [-0.2, 0) is 0 Å². The molecule has 0 radical (unpaired) electrons. The summed E-state index contributed by atoms with van der Waals surface area (Å²) >= 11 is 0. The van der Waals surface area contributed by atoms with Gasteiger partial charge in [-0.2, -0.15) is 0 Å². The largest absolute Gasteiger partial charge is 0.354 e. The van der Waals surface area contributed by atoms with Crippen LogP contribution >= 0.6 is 7.92 Å². The highest BCUT2D eigenvalue weighted by Crippen LogP contribution is 2.37. The zero-order valence-corrected chi connectivity index (χ0v) is 18.5. The number of pyridine rings is 1. The van der Waals surface area contributed by atoms with Crippen molar-refractivity contribution in [1.29, 1.82) is 0 Å². The minimum absolute atomic E-state index is 0.390. The average Bonchev–Trinajstić information content (AvgIpc) is 3.32. The fraction of sp³-hybridized carbons (Fsp3) is 0.107. The Bertz CT molecular complexity index is 1290. The third-order valence-electron chi connectivity index (χ3n) is 5.59. The number of fused-ring (bicyclic) bond motifs is 1. The van der Waals surface area contributed by atoms with Gasteiger partial charge >= 0.3 is 0 Å². The van der Waals surface area contributed by atoms with Crippen LogP contribution in [0.2, 0.25) is 0 Å². The van der Waals surface area contributed by atoms with Gasteiger partial charge in [0.15, 0.2) is 0 Å². The normalized spacial score (nSPS) is 12.2. The molecule has 0 bridgehead atoms. The van der Waals surface area contributed by atoms with Gasteiger partial charge < -0.3 is 4.98 Å². The molecule has 0 amide bonds. The molecule has 0 fully saturated rings. The monoisotopic (exact) mass is 420 g/mol. The summed E-state index contributed by atoms with van der Waals surface area (Å²) in [6.07, 6.45) is 4.22. The van der Waals surface area contributed by atoms with Crippen LogP contribution in [0.25, 0.3) is 33.3 Å². The van der Waals surface area contributed by atoms with Crippen LogP contribution in [0.1, 0.15) is 13.3 Å². The third-order valence-corrected chi connectivity index (χ3v) is 8.25. The van der Waals surface area contributed by atoms with Gasteiger partial charge in [-0.05, 0) is 66.6 Å². The molecule has 2 heterocycles. The number of hydrogen-bond acceptors (Lipinski definition) is 1. The zero-order chi connectivity index (χ0) is 21.0. The molecule has 3 heteroatoms. The fourth-order valence-corrected chi connectivity index (χ4v) is 6.38. The summed E-state index contributed by atoms with van der Waals surface area (Å²) in [5.74, 6) is 0. The smallest absolute Gasteiger partial charge is 0.0708 e. The summed E-state index contributed by atoms with van der Waals surface area (Å²) in [5.41, 5.74) is 5.84. The molecule has 1 N–H and O–H groups in total. The van der Waals surface area contributed by atoms with Crippen molar-refractivity contribution in [3.05, 3.63) is 103 Å². The van der Waals surface area contributed by atoms with Crippen molar-refractivity contribution in [3.63, 3.8) is 0 Å². The standard InChI is InChI=1S/C28H25N2P/c1-2-18-31(23-12-4-3-5-13-23)28-16-15-27(30-28)25-20-22-11-7-6-10-21(22)19-24(25)26-14-8-9-17-29-26/h3-17,19-20,30H,2,18H2,1H3. The number of aromatic amines is 1. The third kappa shape index (κ3) is 4.04. The average molecular weight is 420 g/mol. The van der Waals surface area contributed by atoms with Crippen LogP contribution < -0.4 is 10.7 Å². The molecular weight excluding hydrogens is 395 g/mol. The first-order valence-electron chi connectivity index (χ1n) is 10.8. The second-order valence-corrected chi connectivity index (χ2v) is 10.0. The molecule has 0 aliphatic carbocycles. The topological polar surface area (TPSA) is 28.7 Å². The molecule has 152 valence electrons. The first kappa shape index (κ1) is 19.7. The molecule has 1 unspecified atom stereocenters. The van der Waals surface area contributed by atoms with E-state index in [4.69, 9.17) is 0 Å². The summed E-state index contributed by atoms with van der Waals surface area (Å²) in [4.78, 5) is 8.44. The zero-order valence-electron chi connectivity index (χ0n) is 17.6. The lowest BCUT2D eigenvalue weighted by molar-refractivity contribution is 1.10. The van der Waals surface area contributed by atoms with E-state index < -0.39 is 7.92 Å². The Balaban J connectivity index is 1.64. The number of H-pyrrole nitrogens is 1. The van der Waals surface area contributed by atoms with Gasteiger partial charge in [0.1, 0.15) is 0 Å². The maximum atomic E-state index is 4.65. The van der Waals surface area contributed by atoms with Gasteiger partial charge in [-0.1, -0.05) is 74.0 Å². The summed E-state index contributed by atoms with van der Waals surface area (Å²) in [7, 11) is -0.390. The molecule has 2 aromatic heterocycles. The highest BCUT2D eigenvalue weighted by atomic mass is 31.1. The molecule has 0 saturated heterocycles. The predicted molar refractivity (Wildman–Crippen MR) is 135 cm³/mol. The Kier molecular flexibility index (Phi) is 5.65. The Morgan fingerprint density at radius 1 is 0.742 bits per heavy atom. The van der Waals surface area contributed by atoms with Crippen molar-refractivity contribution >= 4 is 29.4 Å². The highest BCUT2D eigenvalue weighted by molar-refractivity contribution is 7.72. The molecule has 2 nitrogen and oxygen atoms in total. The van der Waals surface area contributed by atoms with Crippen LogP contribution in [0, 0.1) is 0 Å². The summed E-state index contributed by atoms with van der Waals surface area (Å²) in [6, 6.07) is 34.6. The van der Waals surface area contributed by atoms with Crippen molar-refractivity contribution in [3.8, 4) is 22.5 Å². The van der Waals surface area contributed by atoms with Crippen molar-refractivity contribution in [2.24, 2.45) is 0 Å². The maximum absolute atomic E-state index is 4.65. The molecule has 0 aliphatic heterocycles. The summed E-state index contributed by atoms with van der Waals surface area (Å²) < 4.78 is 0. The Labute approximate surface area is 184 Å². The lowest BCUT2D eigenvalue weighted by Crippen LogP contribution is -2.14. The molecule has 31 heavy (non-hydrogen) atoms. The molecule has 0 saturated carbocycles. The number of hydrogen-bond donors (Lipinski definition) is 1. The second kappa shape index (κ2) is 8.88. The minimum Gasteiger partial charge on any atom is -0.354 e. The fourth-order valence-electron chi connectivity index (χ4n) is 4.12. The van der Waals surface area contributed by atoms with E-state index in [1.807, 2.05) is 12.3 Å². The highest BCUT2D eigenvalue weighted by Gasteiger charge is 2.17. The number of aromatic nitrogens is 2. The van der Waals surface area contributed by atoms with Gasteiger partial charge in [0.2, 0.25) is 0 Å². The van der Waals surface area contributed by atoms with E-state index in [1.165, 1.54) is 39.7 Å². The van der Waals surface area contributed by atoms with Crippen LogP contribution in [0.3, 0.4) is 0 Å². The van der Waals surface area contributed by atoms with E-state index in [2.05, 4.69) is 108 Å². The van der Waals surface area contributed by atoms with Crippen LogP contribution in [-0.4, -0.2) is 16.1 Å². The van der Waals surface area contributed by atoms with Crippen molar-refractivity contribution in [2.75, 3.05) is 6.16 Å². The van der Waals surface area contributed by atoms with E-state index in [1.54, 1.807) is 0 Å². The van der Waals surface area contributed by atoms with Gasteiger partial charge in [0.25, 0.3) is 0 Å². The summed E-state index contributed by atoms with van der Waals surface area (Å²) in [6.45, 7) is 2.27. The SMILES string of the molecule is CCCP(c1ccccc1)c1ccc(-c2cc3ccccc3cc2-c2ccccn2)[nH]1. The molecule has 5 aromatic rings. The molecular formula is C28H25N2P. The van der Waals surface area contributed by atoms with E-state index >= 15 is 0 Å². The number of rotatable bonds is 6. The van der Waals surface area contributed by atoms with E-state index in [9.17, 15) is 0 Å². The van der Waals surface area contributed by atoms with Crippen LogP contribution in [0.4, 0.5) is 0 Å². The number of benzene rings is 3. The Hall–Kier alpha value is -3.22. The van der Waals surface area contributed by atoms with Gasteiger partial charge in [-0.3, -0.25) is 4.98 Å². The van der Waals surface area contributed by atoms with Crippen molar-refractivity contribution < 1.29 is 0 Å². The molecule has 5 rings (SSSR count). The van der Waals surface area contributed by atoms with Gasteiger partial charge in [0.05, 0.1) is 5.69 Å². The van der Waals surface area contributed by atoms with E-state index in [0.717, 1.165) is 17.0 Å². The maximum Gasteiger partial charge on any atom is 0.0708 e. The van der Waals surface area contributed by atoms with Gasteiger partial charge in [-0.15, -0.1) is 0 Å². The first-order valence-corrected chi connectivity index (χ1v) is 12.3. The van der Waals surface area contributed by atoms with E-state index in [-0.39, 0.29) is 0 Å². The van der Waals surface area contributed by atoms with Crippen LogP contribution in [0.5, 0.6) is 0 Å². The van der Waals surface area contributed by atoms with E-state index in [0.29, 0.717) is 0 Å². The number of nitrogens with zero attached hydrogens (tertiary/aromatic N) is 1. The Morgan fingerprint density at radius 3 is 2.16 bits per heavy atom. The van der Waals surface area contributed by atoms with Gasteiger partial charge in [0, 0.05) is 28.5 Å². The lowest BCUT2D eigenvalue weighted by Gasteiger charge is -2.16. The minimum atomic E-state index is -0.390. The van der Waals surface area contributed by atoms with Crippen LogP contribution in [0.15, 0.2) is 103 Å².